The number of esters is 1. The molecule has 1 unspecified atom stereocenters. The summed E-state index contributed by atoms with van der Waals surface area (Å²) in [5, 5.41) is 4.72. The van der Waals surface area contributed by atoms with Crippen molar-refractivity contribution in [1.29, 1.82) is 0 Å². The molecule has 2 heterocycles. The average molecular weight is 386 g/mol. The van der Waals surface area contributed by atoms with Crippen LogP contribution < -0.4 is 16.2 Å². The van der Waals surface area contributed by atoms with Crippen LogP contribution in [0.25, 0.3) is 10.9 Å². The average Bonchev–Trinajstić information content (AvgIpc) is 2.93. The number of aromatic nitrogens is 2. The Morgan fingerprint density at radius 3 is 2.75 bits per heavy atom. The Morgan fingerprint density at radius 2 is 2.00 bits per heavy atom. The van der Waals surface area contributed by atoms with Crippen LogP contribution in [-0.4, -0.2) is 40.6 Å². The first-order valence-corrected chi connectivity index (χ1v) is 9.17. The van der Waals surface area contributed by atoms with E-state index in [0.717, 1.165) is 31.5 Å². The zero-order valence-corrected chi connectivity index (χ0v) is 15.8. The normalized spacial score (nSPS) is 14.5. The number of imide groups is 1. The number of urea groups is 1. The van der Waals surface area contributed by atoms with E-state index in [1.165, 1.54) is 26.1 Å². The van der Waals surface area contributed by atoms with Gasteiger partial charge in [-0.25, -0.2) is 14.6 Å². The minimum atomic E-state index is -1.16. The molecule has 3 amide bonds. The molecule has 148 valence electrons. The Balaban J connectivity index is 1.83. The quantitative estimate of drug-likeness (QED) is 0.763. The van der Waals surface area contributed by atoms with Gasteiger partial charge in [-0.15, -0.1) is 0 Å². The van der Waals surface area contributed by atoms with E-state index in [4.69, 9.17) is 4.74 Å². The lowest BCUT2D eigenvalue weighted by atomic mass is 10.1. The molecule has 1 aliphatic rings. The molecule has 2 N–H and O–H groups in total. The molecule has 28 heavy (non-hydrogen) atoms. The summed E-state index contributed by atoms with van der Waals surface area (Å²) >= 11 is 0. The second-order valence-electron chi connectivity index (χ2n) is 6.64. The van der Waals surface area contributed by atoms with Gasteiger partial charge in [-0.2, -0.15) is 0 Å². The molecule has 2 aromatic rings. The van der Waals surface area contributed by atoms with Gasteiger partial charge in [0.25, 0.3) is 11.5 Å². The number of rotatable bonds is 3. The summed E-state index contributed by atoms with van der Waals surface area (Å²) in [6.45, 7) is 2.01. The molecule has 0 fully saturated rings. The second kappa shape index (κ2) is 8.20. The third kappa shape index (κ3) is 4.03. The zero-order chi connectivity index (χ0) is 20.3. The van der Waals surface area contributed by atoms with E-state index in [0.29, 0.717) is 17.4 Å². The summed E-state index contributed by atoms with van der Waals surface area (Å²) in [5.41, 5.74) is 0.493. The summed E-state index contributed by atoms with van der Waals surface area (Å²) in [6, 6.07) is 3.83. The molecule has 0 spiro atoms. The highest BCUT2D eigenvalue weighted by Crippen LogP contribution is 2.17. The van der Waals surface area contributed by atoms with E-state index < -0.39 is 24.0 Å². The fraction of sp³-hybridized carbons (Fsp3) is 0.421. The smallest absolute Gasteiger partial charge is 0.338 e. The van der Waals surface area contributed by atoms with Crippen LogP contribution in [0.3, 0.4) is 0 Å². The Morgan fingerprint density at radius 1 is 1.21 bits per heavy atom. The molecule has 1 aromatic carbocycles. The zero-order valence-electron chi connectivity index (χ0n) is 15.8. The van der Waals surface area contributed by atoms with Crippen LogP contribution >= 0.6 is 0 Å². The topological polar surface area (TPSA) is 119 Å². The maximum Gasteiger partial charge on any atom is 0.338 e. The lowest BCUT2D eigenvalue weighted by molar-refractivity contribution is -0.127. The van der Waals surface area contributed by atoms with Gasteiger partial charge in [-0.05, 0) is 38.0 Å². The van der Waals surface area contributed by atoms with Crippen molar-refractivity contribution < 1.29 is 19.1 Å². The fourth-order valence-electron chi connectivity index (χ4n) is 3.10. The van der Waals surface area contributed by atoms with E-state index in [1.54, 1.807) is 10.6 Å². The lowest BCUT2D eigenvalue weighted by Gasteiger charge is -2.13. The number of fused-ring (bicyclic) bond motifs is 2. The molecule has 0 radical (unpaired) electrons. The van der Waals surface area contributed by atoms with Crippen molar-refractivity contribution in [2.24, 2.45) is 0 Å². The monoisotopic (exact) mass is 386 g/mol. The van der Waals surface area contributed by atoms with Crippen LogP contribution in [0.15, 0.2) is 23.0 Å². The number of carbonyl (C=O) groups is 3. The molecule has 1 atom stereocenters. The molecule has 3 rings (SSSR count). The van der Waals surface area contributed by atoms with Gasteiger partial charge >= 0.3 is 12.0 Å². The number of benzene rings is 1. The van der Waals surface area contributed by atoms with Crippen molar-refractivity contribution >= 4 is 28.8 Å². The number of hydrogen-bond acceptors (Lipinski definition) is 6. The summed E-state index contributed by atoms with van der Waals surface area (Å²) in [7, 11) is 1.37. The van der Waals surface area contributed by atoms with Gasteiger partial charge in [-0.1, -0.05) is 6.42 Å². The highest BCUT2D eigenvalue weighted by molar-refractivity contribution is 5.99. The van der Waals surface area contributed by atoms with Crippen LogP contribution in [0.1, 0.15) is 42.4 Å². The maximum absolute atomic E-state index is 12.7. The molecule has 9 heteroatoms. The van der Waals surface area contributed by atoms with Crippen LogP contribution in [0.5, 0.6) is 0 Å². The number of aryl methyl sites for hydroxylation is 1. The van der Waals surface area contributed by atoms with Gasteiger partial charge in [0, 0.05) is 20.0 Å². The van der Waals surface area contributed by atoms with E-state index in [2.05, 4.69) is 10.3 Å². The van der Waals surface area contributed by atoms with Crippen LogP contribution in [0, 0.1) is 0 Å². The van der Waals surface area contributed by atoms with Gasteiger partial charge in [0.05, 0.1) is 16.5 Å². The first-order valence-electron chi connectivity index (χ1n) is 9.17. The lowest BCUT2D eigenvalue weighted by Crippen LogP contribution is -2.43. The van der Waals surface area contributed by atoms with Gasteiger partial charge in [0.2, 0.25) is 0 Å². The third-order valence-corrected chi connectivity index (χ3v) is 4.67. The Bertz CT molecular complexity index is 998. The van der Waals surface area contributed by atoms with Gasteiger partial charge < -0.3 is 10.1 Å². The molecule has 0 saturated heterocycles. The third-order valence-electron chi connectivity index (χ3n) is 4.67. The number of amides is 3. The Hall–Kier alpha value is -3.23. The summed E-state index contributed by atoms with van der Waals surface area (Å²) in [6.07, 6.45) is 2.52. The van der Waals surface area contributed by atoms with Crippen molar-refractivity contribution in [1.82, 2.24) is 20.2 Å². The number of nitrogens with one attached hydrogen (secondary N) is 2. The SMILES string of the molecule is CNC(=O)NC(=O)C(C)OC(=O)c1ccc2c(=O)n3c(nc2c1)CCCCC3. The molecule has 0 saturated carbocycles. The molecule has 9 nitrogen and oxygen atoms in total. The van der Waals surface area contributed by atoms with E-state index in [1.807, 2.05) is 5.32 Å². The highest BCUT2D eigenvalue weighted by atomic mass is 16.5. The molecule has 1 aromatic heterocycles. The maximum atomic E-state index is 12.7. The van der Waals surface area contributed by atoms with E-state index >= 15 is 0 Å². The van der Waals surface area contributed by atoms with Crippen LogP contribution in [-0.2, 0) is 22.5 Å². The summed E-state index contributed by atoms with van der Waals surface area (Å²) < 4.78 is 6.82. The summed E-state index contributed by atoms with van der Waals surface area (Å²) in [5.74, 6) is -0.757. The largest absolute Gasteiger partial charge is 0.449 e. The van der Waals surface area contributed by atoms with Crippen molar-refractivity contribution in [3.05, 3.63) is 39.9 Å². The number of hydrogen-bond donors (Lipinski definition) is 2. The van der Waals surface area contributed by atoms with Gasteiger partial charge in [0.15, 0.2) is 6.10 Å². The van der Waals surface area contributed by atoms with Crippen molar-refractivity contribution in [2.45, 2.75) is 45.3 Å². The fourth-order valence-corrected chi connectivity index (χ4v) is 3.10. The second-order valence-corrected chi connectivity index (χ2v) is 6.64. The molecule has 1 aliphatic heterocycles. The number of nitrogens with zero attached hydrogens (tertiary/aromatic N) is 2. The molecule has 0 aliphatic carbocycles. The predicted molar refractivity (Wildman–Crippen MR) is 101 cm³/mol. The van der Waals surface area contributed by atoms with Gasteiger partial charge in [-0.3, -0.25) is 19.5 Å². The number of ether oxygens (including phenoxy) is 1. The molecule has 0 bridgehead atoms. The van der Waals surface area contributed by atoms with Crippen molar-refractivity contribution in [2.75, 3.05) is 7.05 Å². The van der Waals surface area contributed by atoms with E-state index in [-0.39, 0.29) is 11.1 Å². The molecular weight excluding hydrogens is 364 g/mol. The van der Waals surface area contributed by atoms with Gasteiger partial charge in [0.1, 0.15) is 5.82 Å². The minimum Gasteiger partial charge on any atom is -0.449 e. The highest BCUT2D eigenvalue weighted by Gasteiger charge is 2.21. The van der Waals surface area contributed by atoms with Crippen molar-refractivity contribution in [3.63, 3.8) is 0 Å². The standard InChI is InChI=1S/C19H22N4O5/c1-11(16(24)22-19(27)20-2)28-18(26)12-7-8-13-14(10-12)21-15-6-4-3-5-9-23(15)17(13)25/h7-8,10-11H,3-6,9H2,1-2H3,(H2,20,22,24,27). The minimum absolute atomic E-state index is 0.111. The first kappa shape index (κ1) is 19.5. The first-order chi connectivity index (χ1) is 13.4. The summed E-state index contributed by atoms with van der Waals surface area (Å²) in [4.78, 5) is 52.7. The Kier molecular flexibility index (Phi) is 5.72. The van der Waals surface area contributed by atoms with Crippen LogP contribution in [0.4, 0.5) is 4.79 Å². The predicted octanol–water partition coefficient (Wildman–Crippen LogP) is 1.12. The number of carbonyl (C=O) groups excluding carboxylic acids is 3. The van der Waals surface area contributed by atoms with Crippen molar-refractivity contribution in [3.8, 4) is 0 Å². The molecular formula is C19H22N4O5. The van der Waals surface area contributed by atoms with Crippen LogP contribution in [0.2, 0.25) is 0 Å². The van der Waals surface area contributed by atoms with E-state index in [9.17, 15) is 19.2 Å². The Labute approximate surface area is 161 Å².